The molecule has 0 saturated carbocycles. The fraction of sp³-hybridized carbons (Fsp3) is 0.400. The molecule has 0 amide bonds. The van der Waals surface area contributed by atoms with Crippen LogP contribution in [0.5, 0.6) is 0 Å². The smallest absolute Gasteiger partial charge is 0.0927 e. The van der Waals surface area contributed by atoms with Crippen LogP contribution in [0.25, 0.3) is 11.8 Å². The second-order valence-corrected chi connectivity index (χ2v) is 6.70. The molecule has 1 aromatic rings. The van der Waals surface area contributed by atoms with Gasteiger partial charge in [0.2, 0.25) is 0 Å². The molecular formula is C20H24N2O. The van der Waals surface area contributed by atoms with Gasteiger partial charge in [-0.1, -0.05) is 23.8 Å². The third-order valence-electron chi connectivity index (χ3n) is 4.93. The van der Waals surface area contributed by atoms with Crippen LogP contribution >= 0.6 is 0 Å². The van der Waals surface area contributed by atoms with Crippen molar-refractivity contribution >= 4 is 17.5 Å². The first-order valence-corrected chi connectivity index (χ1v) is 8.56. The zero-order valence-corrected chi connectivity index (χ0v) is 13.8. The van der Waals surface area contributed by atoms with Crippen molar-refractivity contribution in [2.75, 3.05) is 31.1 Å². The molecule has 3 nitrogen and oxygen atoms in total. The summed E-state index contributed by atoms with van der Waals surface area (Å²) in [6.07, 6.45) is 9.97. The average molecular weight is 308 g/mol. The average Bonchev–Trinajstić information content (AvgIpc) is 3.07. The van der Waals surface area contributed by atoms with Crippen LogP contribution in [0.4, 0.5) is 5.69 Å². The van der Waals surface area contributed by atoms with Gasteiger partial charge in [-0.25, -0.2) is 0 Å². The lowest BCUT2D eigenvalue weighted by Gasteiger charge is -2.29. The Hall–Kier alpha value is -2.00. The van der Waals surface area contributed by atoms with E-state index in [0.29, 0.717) is 6.61 Å². The highest BCUT2D eigenvalue weighted by atomic mass is 16.7. The molecule has 1 aliphatic carbocycles. The summed E-state index contributed by atoms with van der Waals surface area (Å²) in [6.45, 7) is 9.72. The van der Waals surface area contributed by atoms with E-state index in [4.69, 9.17) is 4.84 Å². The summed E-state index contributed by atoms with van der Waals surface area (Å²) in [7, 11) is 0. The van der Waals surface area contributed by atoms with Crippen LogP contribution in [0, 0.1) is 0 Å². The quantitative estimate of drug-likeness (QED) is 0.793. The molecule has 1 aromatic carbocycles. The Kier molecular flexibility index (Phi) is 3.74. The van der Waals surface area contributed by atoms with E-state index in [1.807, 2.05) is 5.06 Å². The first-order chi connectivity index (χ1) is 11.3. The molecule has 0 spiro atoms. The van der Waals surface area contributed by atoms with Crippen molar-refractivity contribution in [2.45, 2.75) is 26.2 Å². The molecule has 0 unspecified atom stereocenters. The minimum Gasteiger partial charge on any atom is -0.371 e. The normalized spacial score (nSPS) is 19.3. The molecule has 2 heterocycles. The zero-order chi connectivity index (χ0) is 15.8. The van der Waals surface area contributed by atoms with E-state index in [1.54, 1.807) is 6.08 Å². The van der Waals surface area contributed by atoms with Gasteiger partial charge in [0.05, 0.1) is 13.2 Å². The Morgan fingerprint density at radius 1 is 1.26 bits per heavy atom. The van der Waals surface area contributed by atoms with E-state index in [1.165, 1.54) is 58.8 Å². The highest BCUT2D eigenvalue weighted by molar-refractivity contribution is 5.71. The van der Waals surface area contributed by atoms with Gasteiger partial charge in [-0.05, 0) is 48.6 Å². The van der Waals surface area contributed by atoms with Crippen molar-refractivity contribution < 1.29 is 4.84 Å². The number of hydroxylamine groups is 2. The van der Waals surface area contributed by atoms with Crippen LogP contribution in [0.1, 0.15) is 25.3 Å². The largest absolute Gasteiger partial charge is 0.371 e. The molecule has 0 radical (unpaired) electrons. The molecule has 3 heteroatoms. The molecule has 4 rings (SSSR count). The second-order valence-electron chi connectivity index (χ2n) is 6.70. The molecule has 3 aliphatic rings. The minimum absolute atomic E-state index is 0.542. The van der Waals surface area contributed by atoms with Gasteiger partial charge >= 0.3 is 0 Å². The molecule has 0 N–H and O–H groups in total. The predicted octanol–water partition coefficient (Wildman–Crippen LogP) is 2.11. The van der Waals surface area contributed by atoms with E-state index in [0.717, 1.165) is 13.0 Å². The molecule has 1 fully saturated rings. The van der Waals surface area contributed by atoms with E-state index < -0.39 is 0 Å². The number of nitrogens with zero attached hydrogens (tertiary/aromatic N) is 2. The zero-order valence-electron chi connectivity index (χ0n) is 13.8. The number of allylic oxidation sites excluding steroid dienone is 1. The monoisotopic (exact) mass is 308 g/mol. The summed E-state index contributed by atoms with van der Waals surface area (Å²) in [6, 6.07) is 4.56. The third-order valence-corrected chi connectivity index (χ3v) is 4.93. The summed E-state index contributed by atoms with van der Waals surface area (Å²) < 4.78 is 0. The third kappa shape index (κ3) is 2.59. The molecule has 120 valence electrons. The Bertz CT molecular complexity index is 785. The van der Waals surface area contributed by atoms with Crippen LogP contribution in [0.3, 0.4) is 0 Å². The van der Waals surface area contributed by atoms with Crippen LogP contribution in [-0.4, -0.2) is 31.3 Å². The SMILES string of the molecule is C=CCON1C=c2ccc(N3CCCC3)c3c2=C(C=C(C)C3)C1. The van der Waals surface area contributed by atoms with Gasteiger partial charge < -0.3 is 4.90 Å². The van der Waals surface area contributed by atoms with Gasteiger partial charge in [0.15, 0.2) is 0 Å². The first kappa shape index (κ1) is 14.6. The molecule has 0 aromatic heterocycles. The molecular weight excluding hydrogens is 284 g/mol. The van der Waals surface area contributed by atoms with Crippen molar-refractivity contribution in [2.24, 2.45) is 0 Å². The Labute approximate surface area is 137 Å². The highest BCUT2D eigenvalue weighted by Gasteiger charge is 2.22. The molecule has 1 saturated heterocycles. The number of rotatable bonds is 4. The number of anilines is 1. The summed E-state index contributed by atoms with van der Waals surface area (Å²) in [5.74, 6) is 0. The number of benzene rings is 1. The molecule has 0 atom stereocenters. The Morgan fingerprint density at radius 3 is 2.87 bits per heavy atom. The van der Waals surface area contributed by atoms with Gasteiger partial charge in [0.25, 0.3) is 0 Å². The Balaban J connectivity index is 1.84. The first-order valence-electron chi connectivity index (χ1n) is 8.56. The van der Waals surface area contributed by atoms with Gasteiger partial charge in [-0.2, -0.15) is 0 Å². The Morgan fingerprint density at radius 2 is 2.09 bits per heavy atom. The van der Waals surface area contributed by atoms with Crippen LogP contribution in [-0.2, 0) is 11.3 Å². The lowest BCUT2D eigenvalue weighted by molar-refractivity contribution is -0.0807. The van der Waals surface area contributed by atoms with Crippen LogP contribution in [0.2, 0.25) is 0 Å². The summed E-state index contributed by atoms with van der Waals surface area (Å²) in [5, 5.41) is 4.66. The number of hydrogen-bond acceptors (Lipinski definition) is 3. The van der Waals surface area contributed by atoms with Gasteiger partial charge in [-0.3, -0.25) is 9.90 Å². The van der Waals surface area contributed by atoms with Gasteiger partial charge in [0, 0.05) is 30.2 Å². The van der Waals surface area contributed by atoms with Crippen molar-refractivity contribution in [1.82, 2.24) is 5.06 Å². The van der Waals surface area contributed by atoms with E-state index >= 15 is 0 Å². The lowest BCUT2D eigenvalue weighted by atomic mass is 9.90. The van der Waals surface area contributed by atoms with E-state index in [-0.39, 0.29) is 0 Å². The maximum Gasteiger partial charge on any atom is 0.0927 e. The topological polar surface area (TPSA) is 15.7 Å². The maximum absolute atomic E-state index is 5.75. The minimum atomic E-state index is 0.542. The standard InChI is InChI=1S/C20H24N2O/c1-3-10-23-22-13-16-6-7-19(21-8-4-5-9-21)18-12-15(2)11-17(14-22)20(16)18/h3,6-7,11,13H,1,4-5,8-10,12,14H2,2H3. The lowest BCUT2D eigenvalue weighted by Crippen LogP contribution is -2.43. The van der Waals surface area contributed by atoms with Crippen LogP contribution in [0.15, 0.2) is 36.4 Å². The predicted molar refractivity (Wildman–Crippen MR) is 95.3 cm³/mol. The second kappa shape index (κ2) is 5.89. The number of hydrogen-bond donors (Lipinski definition) is 0. The van der Waals surface area contributed by atoms with Crippen molar-refractivity contribution in [3.8, 4) is 0 Å². The summed E-state index contributed by atoms with van der Waals surface area (Å²) in [4.78, 5) is 8.31. The molecule has 2 aliphatic heterocycles. The molecule has 23 heavy (non-hydrogen) atoms. The highest BCUT2D eigenvalue weighted by Crippen LogP contribution is 2.27. The van der Waals surface area contributed by atoms with Crippen molar-refractivity contribution in [1.29, 1.82) is 0 Å². The molecule has 0 bridgehead atoms. The fourth-order valence-electron chi connectivity index (χ4n) is 4.00. The fourth-order valence-corrected chi connectivity index (χ4v) is 4.00. The van der Waals surface area contributed by atoms with Gasteiger partial charge in [0.1, 0.15) is 0 Å². The summed E-state index contributed by atoms with van der Waals surface area (Å²) >= 11 is 0. The van der Waals surface area contributed by atoms with Gasteiger partial charge in [-0.15, -0.1) is 6.58 Å². The maximum atomic E-state index is 5.75. The summed E-state index contributed by atoms with van der Waals surface area (Å²) in [5.41, 5.74) is 5.78. The van der Waals surface area contributed by atoms with E-state index in [9.17, 15) is 0 Å². The van der Waals surface area contributed by atoms with Crippen molar-refractivity contribution in [3.63, 3.8) is 0 Å². The van der Waals surface area contributed by atoms with Crippen LogP contribution < -0.4 is 15.3 Å². The van der Waals surface area contributed by atoms with E-state index in [2.05, 4.69) is 42.8 Å². The van der Waals surface area contributed by atoms with Crippen molar-refractivity contribution in [3.05, 3.63) is 52.4 Å².